The molecule has 0 aromatic heterocycles. The number of rotatable bonds is 6. The number of hydrogen-bond acceptors (Lipinski definition) is 3. The Morgan fingerprint density at radius 2 is 1.80 bits per heavy atom. The minimum Gasteiger partial charge on any atom is -0.299 e. The minimum absolute atomic E-state index is 0.0608. The summed E-state index contributed by atoms with van der Waals surface area (Å²) in [6.45, 7) is 4.49. The molecule has 1 aliphatic heterocycles. The second kappa shape index (κ2) is 8.99. The van der Waals surface area contributed by atoms with E-state index in [1.54, 1.807) is 0 Å². The number of Topliss-reactive ketones (excluding diaryl/α,β-unsaturated/α-hetero) is 2. The summed E-state index contributed by atoms with van der Waals surface area (Å²) in [5.74, 6) is 2.06. The van der Waals surface area contributed by atoms with E-state index in [-0.39, 0.29) is 11.7 Å². The second-order valence-electron chi connectivity index (χ2n) is 10.1. The molecule has 1 heterocycles. The monoisotopic (exact) mass is 405 g/mol. The number of nitrogens with zero attached hydrogens (tertiary/aromatic N) is 1. The van der Waals surface area contributed by atoms with Crippen molar-refractivity contribution in [3.8, 4) is 0 Å². The molecule has 4 rings (SSSR count). The first-order valence-corrected chi connectivity index (χ1v) is 11.9. The largest absolute Gasteiger partial charge is 0.299 e. The smallest absolute Gasteiger partial charge is 0.186 e. The highest BCUT2D eigenvalue weighted by Crippen LogP contribution is 2.45. The zero-order chi connectivity index (χ0) is 21.1. The Bertz CT molecular complexity index is 861. The molecule has 160 valence electrons. The molecule has 30 heavy (non-hydrogen) atoms. The second-order valence-corrected chi connectivity index (χ2v) is 10.1. The molecule has 3 nitrogen and oxygen atoms in total. The van der Waals surface area contributed by atoms with Crippen molar-refractivity contribution in [3.63, 3.8) is 0 Å². The molecule has 0 spiro atoms. The van der Waals surface area contributed by atoms with E-state index in [4.69, 9.17) is 0 Å². The fourth-order valence-corrected chi connectivity index (χ4v) is 5.85. The third kappa shape index (κ3) is 4.36. The van der Waals surface area contributed by atoms with Gasteiger partial charge in [-0.05, 0) is 36.7 Å². The molecule has 2 fully saturated rings. The molecule has 2 unspecified atom stereocenters. The summed E-state index contributed by atoms with van der Waals surface area (Å²) in [6.07, 6.45) is 13.9. The Morgan fingerprint density at radius 3 is 2.67 bits per heavy atom. The summed E-state index contributed by atoms with van der Waals surface area (Å²) >= 11 is 0. The Morgan fingerprint density at radius 1 is 1.03 bits per heavy atom. The number of carbonyl (C=O) groups is 2. The zero-order valence-electron chi connectivity index (χ0n) is 18.5. The summed E-state index contributed by atoms with van der Waals surface area (Å²) in [5, 5.41) is 0. The van der Waals surface area contributed by atoms with Crippen molar-refractivity contribution >= 4 is 23.4 Å². The number of carbonyl (C=O) groups excluding carboxylic acids is 2. The van der Waals surface area contributed by atoms with Gasteiger partial charge in [-0.25, -0.2) is 0 Å². The molecule has 2 saturated carbocycles. The number of ketones is 2. The molecule has 3 heteroatoms. The van der Waals surface area contributed by atoms with E-state index in [1.807, 2.05) is 50.3 Å². The van der Waals surface area contributed by atoms with Crippen LogP contribution in [-0.2, 0) is 9.59 Å². The van der Waals surface area contributed by atoms with Gasteiger partial charge in [0.15, 0.2) is 5.78 Å². The Balaban J connectivity index is 1.44. The van der Waals surface area contributed by atoms with E-state index >= 15 is 0 Å². The van der Waals surface area contributed by atoms with Gasteiger partial charge in [-0.15, -0.1) is 0 Å². The fourth-order valence-electron chi connectivity index (χ4n) is 5.85. The third-order valence-corrected chi connectivity index (χ3v) is 7.68. The molecule has 1 aromatic rings. The van der Waals surface area contributed by atoms with Crippen LogP contribution in [0.25, 0.3) is 6.08 Å². The van der Waals surface area contributed by atoms with Crippen LogP contribution >= 0.6 is 0 Å². The summed E-state index contributed by atoms with van der Waals surface area (Å²) in [4.78, 5) is 31.3. The SMILES string of the molecule is CC(C)(CCC(=O)C1CCCC2CCCC[C@H]21)C(=O)C1=NCC=Cc2ccccc21. The number of hydrogen-bond donors (Lipinski definition) is 0. The molecule has 2 aliphatic carbocycles. The highest BCUT2D eigenvalue weighted by molar-refractivity contribution is 6.48. The van der Waals surface area contributed by atoms with Crippen molar-refractivity contribution in [2.45, 2.75) is 71.6 Å². The van der Waals surface area contributed by atoms with Gasteiger partial charge in [-0.1, -0.05) is 82.4 Å². The van der Waals surface area contributed by atoms with Crippen LogP contribution in [0.4, 0.5) is 0 Å². The summed E-state index contributed by atoms with van der Waals surface area (Å²) in [5.41, 5.74) is 1.93. The first kappa shape index (κ1) is 21.2. The molecule has 0 radical (unpaired) electrons. The molecule has 1 aromatic carbocycles. The Kier molecular flexibility index (Phi) is 6.36. The van der Waals surface area contributed by atoms with Crippen molar-refractivity contribution in [1.29, 1.82) is 0 Å². The van der Waals surface area contributed by atoms with Gasteiger partial charge in [0, 0.05) is 23.3 Å². The lowest BCUT2D eigenvalue weighted by Gasteiger charge is -2.41. The first-order chi connectivity index (χ1) is 14.5. The van der Waals surface area contributed by atoms with Crippen LogP contribution in [-0.4, -0.2) is 23.8 Å². The number of aliphatic imine (C=N–C) groups is 1. The van der Waals surface area contributed by atoms with Crippen molar-refractivity contribution in [2.24, 2.45) is 28.2 Å². The summed E-state index contributed by atoms with van der Waals surface area (Å²) in [7, 11) is 0. The van der Waals surface area contributed by atoms with Crippen LogP contribution in [0.15, 0.2) is 35.3 Å². The summed E-state index contributed by atoms with van der Waals surface area (Å²) < 4.78 is 0. The molecule has 3 atom stereocenters. The molecule has 0 bridgehead atoms. The maximum Gasteiger partial charge on any atom is 0.186 e. The lowest BCUT2D eigenvalue weighted by atomic mass is 9.63. The van der Waals surface area contributed by atoms with E-state index in [2.05, 4.69) is 4.99 Å². The van der Waals surface area contributed by atoms with Crippen LogP contribution in [0.2, 0.25) is 0 Å². The van der Waals surface area contributed by atoms with Crippen molar-refractivity contribution < 1.29 is 9.59 Å². The van der Waals surface area contributed by atoms with Crippen LogP contribution in [0.3, 0.4) is 0 Å². The van der Waals surface area contributed by atoms with E-state index in [0.29, 0.717) is 36.8 Å². The predicted molar refractivity (Wildman–Crippen MR) is 123 cm³/mol. The molecular formula is C27H35NO2. The highest BCUT2D eigenvalue weighted by Gasteiger charge is 2.39. The fraction of sp³-hybridized carbons (Fsp3) is 0.593. The molecule has 0 amide bonds. The van der Waals surface area contributed by atoms with Crippen LogP contribution in [0.5, 0.6) is 0 Å². The van der Waals surface area contributed by atoms with E-state index in [1.165, 1.54) is 38.5 Å². The average molecular weight is 406 g/mol. The standard InChI is InChI=1S/C27H35NO2/c1-27(2,26(30)25-22-14-6-4-10-20(22)12-8-18-28-25)17-16-24(29)23-15-7-11-19-9-3-5-13-21(19)23/h4,6,8,10,12,14,19,21,23H,3,5,7,9,11,13,15-18H2,1-2H3/t19?,21-,23?/m1/s1. The average Bonchev–Trinajstić information content (AvgIpc) is 2.99. The van der Waals surface area contributed by atoms with Crippen molar-refractivity contribution in [3.05, 3.63) is 41.5 Å². The van der Waals surface area contributed by atoms with Gasteiger partial charge in [0.2, 0.25) is 0 Å². The Hall–Kier alpha value is -2.03. The lowest BCUT2D eigenvalue weighted by Crippen LogP contribution is -2.37. The highest BCUT2D eigenvalue weighted by atomic mass is 16.1. The molecular weight excluding hydrogens is 370 g/mol. The van der Waals surface area contributed by atoms with Gasteiger partial charge in [-0.3, -0.25) is 14.6 Å². The van der Waals surface area contributed by atoms with Crippen LogP contribution < -0.4 is 0 Å². The normalized spacial score (nSPS) is 26.2. The topological polar surface area (TPSA) is 46.5 Å². The van der Waals surface area contributed by atoms with Gasteiger partial charge >= 0.3 is 0 Å². The van der Waals surface area contributed by atoms with Gasteiger partial charge in [0.05, 0.1) is 6.54 Å². The lowest BCUT2D eigenvalue weighted by molar-refractivity contribution is -0.128. The van der Waals surface area contributed by atoms with Crippen LogP contribution in [0.1, 0.15) is 82.8 Å². The quantitative estimate of drug-likeness (QED) is 0.578. The van der Waals surface area contributed by atoms with Crippen LogP contribution in [0, 0.1) is 23.2 Å². The third-order valence-electron chi connectivity index (χ3n) is 7.68. The van der Waals surface area contributed by atoms with Crippen molar-refractivity contribution in [2.75, 3.05) is 6.54 Å². The maximum atomic E-state index is 13.5. The van der Waals surface area contributed by atoms with Crippen molar-refractivity contribution in [1.82, 2.24) is 0 Å². The van der Waals surface area contributed by atoms with Gasteiger partial charge in [-0.2, -0.15) is 0 Å². The van der Waals surface area contributed by atoms with Gasteiger partial charge < -0.3 is 0 Å². The Labute approximate surface area is 181 Å². The number of fused-ring (bicyclic) bond motifs is 2. The van der Waals surface area contributed by atoms with Gasteiger partial charge in [0.1, 0.15) is 11.5 Å². The number of benzene rings is 1. The summed E-state index contributed by atoms with van der Waals surface area (Å²) in [6, 6.07) is 7.96. The zero-order valence-corrected chi connectivity index (χ0v) is 18.5. The molecule has 0 N–H and O–H groups in total. The van der Waals surface area contributed by atoms with E-state index in [9.17, 15) is 9.59 Å². The first-order valence-electron chi connectivity index (χ1n) is 11.9. The molecule has 3 aliphatic rings. The minimum atomic E-state index is -0.591. The van der Waals surface area contributed by atoms with E-state index < -0.39 is 5.41 Å². The predicted octanol–water partition coefficient (Wildman–Crippen LogP) is 6.05. The maximum absolute atomic E-state index is 13.5. The van der Waals surface area contributed by atoms with E-state index in [0.717, 1.165) is 23.5 Å². The van der Waals surface area contributed by atoms with Gasteiger partial charge in [0.25, 0.3) is 0 Å². The molecule has 0 saturated heterocycles.